The third kappa shape index (κ3) is 4.05. The summed E-state index contributed by atoms with van der Waals surface area (Å²) in [4.78, 5) is 25.9. The molecule has 1 unspecified atom stereocenters. The largest absolute Gasteiger partial charge is 0.370 e. The van der Waals surface area contributed by atoms with E-state index >= 15 is 0 Å². The van der Waals surface area contributed by atoms with E-state index in [0.717, 1.165) is 5.69 Å². The van der Waals surface area contributed by atoms with Crippen LogP contribution in [0, 0.1) is 0 Å². The van der Waals surface area contributed by atoms with Crippen LogP contribution in [0.15, 0.2) is 24.4 Å². The van der Waals surface area contributed by atoms with E-state index in [-0.39, 0.29) is 13.0 Å². The van der Waals surface area contributed by atoms with Crippen LogP contribution >= 0.6 is 0 Å². The van der Waals surface area contributed by atoms with Gasteiger partial charge in [-0.15, -0.1) is 0 Å². The Morgan fingerprint density at radius 2 is 2.19 bits per heavy atom. The van der Waals surface area contributed by atoms with E-state index in [1.165, 1.54) is 0 Å². The van der Waals surface area contributed by atoms with Gasteiger partial charge in [-0.25, -0.2) is 0 Å². The zero-order valence-corrected chi connectivity index (χ0v) is 8.72. The molecule has 86 valence electrons. The van der Waals surface area contributed by atoms with Gasteiger partial charge in [0.2, 0.25) is 11.8 Å². The molecule has 2 amide bonds. The molecule has 0 aliphatic rings. The quantitative estimate of drug-likeness (QED) is 0.587. The van der Waals surface area contributed by atoms with Gasteiger partial charge in [-0.2, -0.15) is 0 Å². The average Bonchev–Trinajstić information content (AvgIpc) is 2.26. The van der Waals surface area contributed by atoms with Crippen LogP contribution < -0.4 is 16.8 Å². The molecule has 0 bridgehead atoms. The van der Waals surface area contributed by atoms with Crippen LogP contribution in [0.4, 0.5) is 0 Å². The lowest BCUT2D eigenvalue weighted by Gasteiger charge is -2.09. The second-order valence-electron chi connectivity index (χ2n) is 3.32. The molecule has 1 rings (SSSR count). The first-order valence-corrected chi connectivity index (χ1v) is 4.81. The highest BCUT2D eigenvalue weighted by molar-refractivity contribution is 5.87. The number of aromatic nitrogens is 1. The summed E-state index contributed by atoms with van der Waals surface area (Å²) in [5, 5.41) is 2.57. The normalized spacial score (nSPS) is 11.8. The van der Waals surface area contributed by atoms with E-state index < -0.39 is 17.9 Å². The van der Waals surface area contributed by atoms with Gasteiger partial charge in [-0.1, -0.05) is 6.07 Å². The topological polar surface area (TPSA) is 111 Å². The van der Waals surface area contributed by atoms with E-state index in [0.29, 0.717) is 0 Å². The molecule has 0 radical (unpaired) electrons. The van der Waals surface area contributed by atoms with Gasteiger partial charge in [0.05, 0.1) is 24.7 Å². The van der Waals surface area contributed by atoms with Gasteiger partial charge >= 0.3 is 0 Å². The van der Waals surface area contributed by atoms with Crippen molar-refractivity contribution in [3.63, 3.8) is 0 Å². The number of rotatable bonds is 5. The van der Waals surface area contributed by atoms with Gasteiger partial charge in [0, 0.05) is 6.20 Å². The molecule has 5 N–H and O–H groups in total. The van der Waals surface area contributed by atoms with E-state index in [4.69, 9.17) is 11.5 Å². The smallest absolute Gasteiger partial charge is 0.237 e. The van der Waals surface area contributed by atoms with Crippen LogP contribution in [-0.4, -0.2) is 22.8 Å². The van der Waals surface area contributed by atoms with Crippen molar-refractivity contribution in [3.8, 4) is 0 Å². The van der Waals surface area contributed by atoms with E-state index in [1.54, 1.807) is 18.3 Å². The van der Waals surface area contributed by atoms with Crippen LogP contribution in [0.1, 0.15) is 12.1 Å². The summed E-state index contributed by atoms with van der Waals surface area (Å²) in [5.41, 5.74) is 11.1. The van der Waals surface area contributed by atoms with Crippen molar-refractivity contribution < 1.29 is 9.59 Å². The van der Waals surface area contributed by atoms with Crippen molar-refractivity contribution in [1.82, 2.24) is 10.3 Å². The lowest BCUT2D eigenvalue weighted by Crippen LogP contribution is -2.42. The minimum atomic E-state index is -0.902. The first kappa shape index (κ1) is 12.1. The Hall–Kier alpha value is -1.95. The Morgan fingerprint density at radius 3 is 2.75 bits per heavy atom. The maximum absolute atomic E-state index is 11.4. The second-order valence-corrected chi connectivity index (χ2v) is 3.32. The van der Waals surface area contributed by atoms with Crippen molar-refractivity contribution in [1.29, 1.82) is 0 Å². The molecule has 0 saturated heterocycles. The molecule has 1 aromatic heterocycles. The molecule has 0 aromatic carbocycles. The monoisotopic (exact) mass is 222 g/mol. The van der Waals surface area contributed by atoms with Gasteiger partial charge in [-0.3, -0.25) is 14.6 Å². The summed E-state index contributed by atoms with van der Waals surface area (Å²) in [6.45, 7) is 0.284. The standard InChI is InChI=1S/C10H14N4O2/c11-8(5-9(12)15)10(16)14-6-7-3-1-2-4-13-7/h1-4,8H,5-6,11H2,(H2,12,15)(H,14,16). The van der Waals surface area contributed by atoms with E-state index in [9.17, 15) is 9.59 Å². The van der Waals surface area contributed by atoms with E-state index in [2.05, 4.69) is 10.3 Å². The lowest BCUT2D eigenvalue weighted by molar-refractivity contribution is -0.126. The summed E-state index contributed by atoms with van der Waals surface area (Å²) in [5.74, 6) is -1.01. The van der Waals surface area contributed by atoms with Crippen molar-refractivity contribution in [3.05, 3.63) is 30.1 Å². The summed E-state index contributed by atoms with van der Waals surface area (Å²) in [7, 11) is 0. The van der Waals surface area contributed by atoms with Crippen LogP contribution in [0.5, 0.6) is 0 Å². The Kier molecular flexibility index (Phi) is 4.41. The number of hydrogen-bond acceptors (Lipinski definition) is 4. The van der Waals surface area contributed by atoms with Gasteiger partial charge < -0.3 is 16.8 Å². The SMILES string of the molecule is NC(=O)CC(N)C(=O)NCc1ccccn1. The highest BCUT2D eigenvalue weighted by Crippen LogP contribution is 1.93. The molecule has 6 nitrogen and oxygen atoms in total. The predicted octanol–water partition coefficient (Wildman–Crippen LogP) is -1.10. The van der Waals surface area contributed by atoms with Gasteiger partial charge in [-0.05, 0) is 12.1 Å². The lowest BCUT2D eigenvalue weighted by atomic mass is 10.2. The molecule has 1 atom stereocenters. The van der Waals surface area contributed by atoms with E-state index in [1.807, 2.05) is 6.07 Å². The third-order valence-corrected chi connectivity index (χ3v) is 1.93. The van der Waals surface area contributed by atoms with Gasteiger partial charge in [0.1, 0.15) is 0 Å². The molecule has 0 aliphatic carbocycles. The first-order chi connectivity index (χ1) is 7.59. The fourth-order valence-corrected chi connectivity index (χ4v) is 1.12. The number of carbonyl (C=O) groups is 2. The first-order valence-electron chi connectivity index (χ1n) is 4.81. The number of primary amides is 1. The summed E-state index contributed by atoms with van der Waals surface area (Å²) < 4.78 is 0. The second kappa shape index (κ2) is 5.82. The zero-order valence-electron chi connectivity index (χ0n) is 8.72. The Balaban J connectivity index is 2.38. The Labute approximate surface area is 93.0 Å². The average molecular weight is 222 g/mol. The molecule has 0 aliphatic heterocycles. The maximum Gasteiger partial charge on any atom is 0.237 e. The number of nitrogens with zero attached hydrogens (tertiary/aromatic N) is 1. The molecule has 6 heteroatoms. The highest BCUT2D eigenvalue weighted by Gasteiger charge is 2.15. The fourth-order valence-electron chi connectivity index (χ4n) is 1.12. The molecular weight excluding hydrogens is 208 g/mol. The molecule has 16 heavy (non-hydrogen) atoms. The number of nitrogens with one attached hydrogen (secondary N) is 1. The minimum Gasteiger partial charge on any atom is -0.370 e. The van der Waals surface area contributed by atoms with Gasteiger partial charge in [0.25, 0.3) is 0 Å². The maximum atomic E-state index is 11.4. The Morgan fingerprint density at radius 1 is 1.44 bits per heavy atom. The molecule has 0 saturated carbocycles. The number of pyridine rings is 1. The van der Waals surface area contributed by atoms with Crippen molar-refractivity contribution in [2.45, 2.75) is 19.0 Å². The molecule has 0 fully saturated rings. The molecule has 0 spiro atoms. The van der Waals surface area contributed by atoms with Crippen LogP contribution in [0.25, 0.3) is 0 Å². The molecule has 1 aromatic rings. The molecular formula is C10H14N4O2. The predicted molar refractivity (Wildman–Crippen MR) is 57.9 cm³/mol. The summed E-state index contributed by atoms with van der Waals surface area (Å²) >= 11 is 0. The minimum absolute atomic E-state index is 0.159. The highest BCUT2D eigenvalue weighted by atomic mass is 16.2. The number of nitrogens with two attached hydrogens (primary N) is 2. The fraction of sp³-hybridized carbons (Fsp3) is 0.300. The van der Waals surface area contributed by atoms with Crippen molar-refractivity contribution >= 4 is 11.8 Å². The van der Waals surface area contributed by atoms with Crippen molar-refractivity contribution in [2.75, 3.05) is 0 Å². The van der Waals surface area contributed by atoms with Crippen LogP contribution in [-0.2, 0) is 16.1 Å². The Bertz CT molecular complexity index is 366. The number of carbonyl (C=O) groups excluding carboxylic acids is 2. The molecule has 1 heterocycles. The van der Waals surface area contributed by atoms with Gasteiger partial charge in [0.15, 0.2) is 0 Å². The van der Waals surface area contributed by atoms with Crippen LogP contribution in [0.2, 0.25) is 0 Å². The third-order valence-electron chi connectivity index (χ3n) is 1.93. The van der Waals surface area contributed by atoms with Crippen molar-refractivity contribution in [2.24, 2.45) is 11.5 Å². The summed E-state index contributed by atoms with van der Waals surface area (Å²) in [6.07, 6.45) is 1.47. The summed E-state index contributed by atoms with van der Waals surface area (Å²) in [6, 6.07) is 4.48. The van der Waals surface area contributed by atoms with Crippen LogP contribution in [0.3, 0.4) is 0 Å². The number of hydrogen-bond donors (Lipinski definition) is 3. The number of amides is 2. The zero-order chi connectivity index (χ0) is 12.0.